The highest BCUT2D eigenvalue weighted by molar-refractivity contribution is 5.61. The zero-order chi connectivity index (χ0) is 10.5. The largest absolute Gasteiger partial charge is 0.294 e. The van der Waals surface area contributed by atoms with E-state index in [9.17, 15) is 0 Å². The van der Waals surface area contributed by atoms with Gasteiger partial charge >= 0.3 is 0 Å². The average molecular weight is 207 g/mol. The third-order valence-corrected chi connectivity index (χ3v) is 4.14. The van der Waals surface area contributed by atoms with Crippen molar-refractivity contribution >= 4 is 6.21 Å². The molecule has 0 amide bonds. The lowest BCUT2D eigenvalue weighted by atomic mass is 9.87. The minimum atomic E-state index is 0.670. The topological polar surface area (TPSA) is 12.4 Å². The first kappa shape index (κ1) is 11.2. The van der Waals surface area contributed by atoms with E-state index in [0.29, 0.717) is 6.04 Å². The highest BCUT2D eigenvalue weighted by Crippen LogP contribution is 2.26. The van der Waals surface area contributed by atoms with Gasteiger partial charge in [-0.1, -0.05) is 26.2 Å². The molecule has 0 radical (unpaired) electrons. The maximum Gasteiger partial charge on any atom is 0.0496 e. The second-order valence-corrected chi connectivity index (χ2v) is 5.61. The van der Waals surface area contributed by atoms with Gasteiger partial charge in [-0.25, -0.2) is 0 Å². The van der Waals surface area contributed by atoms with Gasteiger partial charge in [0, 0.05) is 12.3 Å². The Morgan fingerprint density at radius 2 is 1.53 bits per heavy atom. The van der Waals surface area contributed by atoms with E-state index in [1.165, 1.54) is 57.8 Å². The molecule has 0 bridgehead atoms. The van der Waals surface area contributed by atoms with E-state index in [1.54, 1.807) is 0 Å². The van der Waals surface area contributed by atoms with E-state index < -0.39 is 0 Å². The van der Waals surface area contributed by atoms with E-state index >= 15 is 0 Å². The minimum Gasteiger partial charge on any atom is -0.294 e. The van der Waals surface area contributed by atoms with Crippen molar-refractivity contribution in [3.05, 3.63) is 0 Å². The van der Waals surface area contributed by atoms with Crippen LogP contribution in [0, 0.1) is 11.8 Å². The summed E-state index contributed by atoms with van der Waals surface area (Å²) in [5, 5.41) is 0. The molecule has 0 N–H and O–H groups in total. The molecular weight excluding hydrogens is 182 g/mol. The van der Waals surface area contributed by atoms with Gasteiger partial charge in [-0.2, -0.15) is 0 Å². The SMILES string of the molecule is CC1CCC(/N=C/C2CCCCC2)CC1. The van der Waals surface area contributed by atoms with Crippen LogP contribution in [0.15, 0.2) is 4.99 Å². The molecule has 0 aromatic rings. The summed E-state index contributed by atoms with van der Waals surface area (Å²) in [5.74, 6) is 1.77. The molecule has 0 aliphatic heterocycles. The number of aliphatic imine (C=N–C) groups is 1. The summed E-state index contributed by atoms with van der Waals surface area (Å²) >= 11 is 0. The van der Waals surface area contributed by atoms with Crippen molar-refractivity contribution in [2.24, 2.45) is 16.8 Å². The second-order valence-electron chi connectivity index (χ2n) is 5.61. The summed E-state index contributed by atoms with van der Waals surface area (Å²) < 4.78 is 0. The van der Waals surface area contributed by atoms with Crippen molar-refractivity contribution in [1.82, 2.24) is 0 Å². The van der Waals surface area contributed by atoms with Crippen LogP contribution in [0.2, 0.25) is 0 Å². The van der Waals surface area contributed by atoms with Crippen LogP contribution in [0.5, 0.6) is 0 Å². The number of rotatable bonds is 2. The summed E-state index contributed by atoms with van der Waals surface area (Å²) in [6.07, 6.45) is 14.9. The molecule has 0 atom stereocenters. The van der Waals surface area contributed by atoms with Crippen LogP contribution in [0.3, 0.4) is 0 Å². The predicted molar refractivity (Wildman–Crippen MR) is 66.5 cm³/mol. The smallest absolute Gasteiger partial charge is 0.0496 e. The minimum absolute atomic E-state index is 0.670. The summed E-state index contributed by atoms with van der Waals surface area (Å²) in [4.78, 5) is 4.82. The van der Waals surface area contributed by atoms with Gasteiger partial charge in [-0.3, -0.25) is 4.99 Å². The maximum absolute atomic E-state index is 4.82. The molecule has 1 nitrogen and oxygen atoms in total. The third kappa shape index (κ3) is 3.62. The monoisotopic (exact) mass is 207 g/mol. The molecule has 86 valence electrons. The quantitative estimate of drug-likeness (QED) is 0.601. The Balaban J connectivity index is 1.73. The van der Waals surface area contributed by atoms with Gasteiger partial charge in [0.2, 0.25) is 0 Å². The van der Waals surface area contributed by atoms with Crippen LogP contribution in [0.1, 0.15) is 64.7 Å². The molecule has 2 saturated carbocycles. The van der Waals surface area contributed by atoms with E-state index in [-0.39, 0.29) is 0 Å². The Hall–Kier alpha value is -0.330. The molecule has 0 unspecified atom stereocenters. The lowest BCUT2D eigenvalue weighted by molar-refractivity contribution is 0.348. The fraction of sp³-hybridized carbons (Fsp3) is 0.929. The first-order chi connectivity index (χ1) is 7.34. The summed E-state index contributed by atoms with van der Waals surface area (Å²) in [7, 11) is 0. The zero-order valence-corrected chi connectivity index (χ0v) is 10.1. The predicted octanol–water partition coefficient (Wildman–Crippen LogP) is 4.22. The Kier molecular flexibility index (Phi) is 4.22. The average Bonchev–Trinajstić information content (AvgIpc) is 2.30. The maximum atomic E-state index is 4.82. The van der Waals surface area contributed by atoms with Gasteiger partial charge in [0.05, 0.1) is 0 Å². The molecule has 0 aromatic carbocycles. The van der Waals surface area contributed by atoms with Crippen LogP contribution < -0.4 is 0 Å². The molecule has 0 aromatic heterocycles. The van der Waals surface area contributed by atoms with Crippen LogP contribution in [0.4, 0.5) is 0 Å². The number of hydrogen-bond donors (Lipinski definition) is 0. The fourth-order valence-corrected chi connectivity index (χ4v) is 2.92. The van der Waals surface area contributed by atoms with Crippen LogP contribution in [0.25, 0.3) is 0 Å². The Morgan fingerprint density at radius 3 is 2.20 bits per heavy atom. The molecule has 0 heterocycles. The molecule has 0 saturated heterocycles. The molecule has 15 heavy (non-hydrogen) atoms. The molecule has 2 rings (SSSR count). The molecule has 2 aliphatic rings. The first-order valence-electron chi connectivity index (χ1n) is 6.88. The van der Waals surface area contributed by atoms with Crippen LogP contribution >= 0.6 is 0 Å². The normalized spacial score (nSPS) is 34.7. The number of nitrogens with zero attached hydrogens (tertiary/aromatic N) is 1. The lowest BCUT2D eigenvalue weighted by Gasteiger charge is -2.24. The lowest BCUT2D eigenvalue weighted by Crippen LogP contribution is -2.16. The third-order valence-electron chi connectivity index (χ3n) is 4.14. The fourth-order valence-electron chi connectivity index (χ4n) is 2.92. The van der Waals surface area contributed by atoms with E-state index in [2.05, 4.69) is 13.1 Å². The first-order valence-corrected chi connectivity index (χ1v) is 6.88. The Morgan fingerprint density at radius 1 is 0.867 bits per heavy atom. The molecule has 2 aliphatic carbocycles. The summed E-state index contributed by atoms with van der Waals surface area (Å²) in [6, 6.07) is 0.670. The highest BCUT2D eigenvalue weighted by atomic mass is 14.8. The van der Waals surface area contributed by atoms with Crippen molar-refractivity contribution in [2.45, 2.75) is 70.8 Å². The Labute approximate surface area is 94.4 Å². The van der Waals surface area contributed by atoms with Gasteiger partial charge in [0.25, 0.3) is 0 Å². The highest BCUT2D eigenvalue weighted by Gasteiger charge is 2.17. The van der Waals surface area contributed by atoms with Crippen molar-refractivity contribution < 1.29 is 0 Å². The second kappa shape index (κ2) is 5.67. The zero-order valence-electron chi connectivity index (χ0n) is 10.1. The van der Waals surface area contributed by atoms with Gasteiger partial charge in [-0.15, -0.1) is 0 Å². The summed E-state index contributed by atoms with van der Waals surface area (Å²) in [6.45, 7) is 2.38. The molecule has 2 fully saturated rings. The van der Waals surface area contributed by atoms with Crippen molar-refractivity contribution in [2.75, 3.05) is 0 Å². The van der Waals surface area contributed by atoms with Crippen molar-refractivity contribution in [3.63, 3.8) is 0 Å². The Bertz CT molecular complexity index is 195. The van der Waals surface area contributed by atoms with Crippen LogP contribution in [-0.4, -0.2) is 12.3 Å². The molecule has 0 spiro atoms. The van der Waals surface area contributed by atoms with Crippen molar-refractivity contribution in [3.8, 4) is 0 Å². The van der Waals surface area contributed by atoms with Gasteiger partial charge in [0.1, 0.15) is 0 Å². The van der Waals surface area contributed by atoms with Crippen molar-refractivity contribution in [1.29, 1.82) is 0 Å². The van der Waals surface area contributed by atoms with Gasteiger partial charge < -0.3 is 0 Å². The van der Waals surface area contributed by atoms with Gasteiger partial charge in [0.15, 0.2) is 0 Å². The molecular formula is C14H25N. The van der Waals surface area contributed by atoms with Crippen LogP contribution in [-0.2, 0) is 0 Å². The van der Waals surface area contributed by atoms with E-state index in [1.807, 2.05) is 0 Å². The standard InChI is InChI=1S/C14H25N/c1-12-7-9-14(10-8-12)15-11-13-5-3-2-4-6-13/h11-14H,2-10H2,1H3/b15-11+. The van der Waals surface area contributed by atoms with Gasteiger partial charge in [-0.05, 0) is 50.4 Å². The number of hydrogen-bond acceptors (Lipinski definition) is 1. The van der Waals surface area contributed by atoms with E-state index in [0.717, 1.165) is 11.8 Å². The van der Waals surface area contributed by atoms with E-state index in [4.69, 9.17) is 4.99 Å². The summed E-state index contributed by atoms with van der Waals surface area (Å²) in [5.41, 5.74) is 0. The molecule has 1 heteroatoms.